The second kappa shape index (κ2) is 6.45. The van der Waals surface area contributed by atoms with Crippen LogP contribution in [0, 0.1) is 0 Å². The highest BCUT2D eigenvalue weighted by Crippen LogP contribution is 2.36. The number of benzene rings is 2. The number of hydrogen-bond acceptors (Lipinski definition) is 3. The lowest BCUT2D eigenvalue weighted by Gasteiger charge is -2.32. The highest BCUT2D eigenvalue weighted by Gasteiger charge is 2.44. The number of imide groups is 1. The number of anilines is 1. The van der Waals surface area contributed by atoms with E-state index >= 15 is 0 Å². The molecule has 2 heterocycles. The fourth-order valence-corrected chi connectivity index (χ4v) is 3.98. The van der Waals surface area contributed by atoms with Crippen molar-refractivity contribution in [3.8, 4) is 0 Å². The Hall–Kier alpha value is -1.88. The molecule has 0 unspecified atom stereocenters. The number of carbonyl (C=O) groups excluding carboxylic acids is 2. The second-order valence-corrected chi connectivity index (χ2v) is 7.13. The summed E-state index contributed by atoms with van der Waals surface area (Å²) in [6.45, 7) is 1.44. The van der Waals surface area contributed by atoms with Gasteiger partial charge in [-0.15, -0.1) is 0 Å². The monoisotopic (exact) mass is 374 g/mol. The van der Waals surface area contributed by atoms with Gasteiger partial charge in [-0.2, -0.15) is 0 Å². The number of halogens is 2. The van der Waals surface area contributed by atoms with Gasteiger partial charge < -0.3 is 0 Å². The van der Waals surface area contributed by atoms with Crippen LogP contribution in [0.4, 0.5) is 5.69 Å². The number of fused-ring (bicyclic) bond motifs is 1. The van der Waals surface area contributed by atoms with Gasteiger partial charge in [0.15, 0.2) is 0 Å². The molecule has 0 aliphatic carbocycles. The van der Waals surface area contributed by atoms with Gasteiger partial charge in [-0.3, -0.25) is 14.5 Å². The zero-order valence-corrected chi connectivity index (χ0v) is 14.9. The van der Waals surface area contributed by atoms with Gasteiger partial charge in [-0.05, 0) is 29.7 Å². The first-order valence-corrected chi connectivity index (χ1v) is 8.93. The van der Waals surface area contributed by atoms with E-state index in [-0.39, 0.29) is 23.3 Å². The summed E-state index contributed by atoms with van der Waals surface area (Å²) in [6, 6.07) is 12.8. The van der Waals surface area contributed by atoms with Crippen LogP contribution in [0.5, 0.6) is 0 Å². The summed E-state index contributed by atoms with van der Waals surface area (Å²) in [5.41, 5.74) is 2.89. The van der Waals surface area contributed by atoms with Crippen molar-refractivity contribution in [3.63, 3.8) is 0 Å². The standard InChI is InChI=1S/C19H16Cl2N2O2/c20-14-6-3-7-15(18(14)21)23-17(24)10-16(19(23)25)22-9-8-12-4-1-2-5-13(12)11-22/h1-7,16H,8-11H2/t16-/m1/s1. The number of nitrogens with zero attached hydrogens (tertiary/aromatic N) is 2. The molecule has 2 aromatic rings. The number of hydrogen-bond donors (Lipinski definition) is 0. The maximum atomic E-state index is 13.0. The van der Waals surface area contributed by atoms with Crippen molar-refractivity contribution in [3.05, 3.63) is 63.6 Å². The third-order valence-electron chi connectivity index (χ3n) is 4.90. The molecule has 0 saturated carbocycles. The molecule has 1 fully saturated rings. The zero-order valence-electron chi connectivity index (χ0n) is 13.4. The minimum Gasteiger partial charge on any atom is -0.287 e. The van der Waals surface area contributed by atoms with Crippen molar-refractivity contribution < 1.29 is 9.59 Å². The summed E-state index contributed by atoms with van der Waals surface area (Å²) < 4.78 is 0. The summed E-state index contributed by atoms with van der Waals surface area (Å²) in [5.74, 6) is -0.466. The number of rotatable bonds is 2. The predicted octanol–water partition coefficient (Wildman–Crippen LogP) is 3.68. The first-order valence-electron chi connectivity index (χ1n) is 8.18. The molecule has 6 heteroatoms. The molecule has 2 amide bonds. The molecular weight excluding hydrogens is 359 g/mol. The van der Waals surface area contributed by atoms with Crippen LogP contribution < -0.4 is 4.90 Å². The van der Waals surface area contributed by atoms with E-state index in [4.69, 9.17) is 23.2 Å². The Morgan fingerprint density at radius 2 is 1.72 bits per heavy atom. The maximum absolute atomic E-state index is 13.0. The van der Waals surface area contributed by atoms with Crippen LogP contribution >= 0.6 is 23.2 Å². The van der Waals surface area contributed by atoms with Crippen molar-refractivity contribution in [2.75, 3.05) is 11.4 Å². The Morgan fingerprint density at radius 3 is 2.52 bits per heavy atom. The third kappa shape index (κ3) is 2.84. The van der Waals surface area contributed by atoms with Crippen LogP contribution in [0.3, 0.4) is 0 Å². The smallest absolute Gasteiger partial charge is 0.251 e. The highest BCUT2D eigenvalue weighted by molar-refractivity contribution is 6.44. The molecule has 0 radical (unpaired) electrons. The van der Waals surface area contributed by atoms with Crippen LogP contribution in [-0.2, 0) is 22.6 Å². The van der Waals surface area contributed by atoms with Gasteiger partial charge >= 0.3 is 0 Å². The molecule has 0 N–H and O–H groups in total. The molecule has 2 aromatic carbocycles. The average molecular weight is 375 g/mol. The lowest BCUT2D eigenvalue weighted by molar-refractivity contribution is -0.123. The molecule has 0 spiro atoms. The molecule has 4 rings (SSSR count). The van der Waals surface area contributed by atoms with Crippen molar-refractivity contribution in [2.24, 2.45) is 0 Å². The van der Waals surface area contributed by atoms with Crippen LogP contribution in [0.2, 0.25) is 10.0 Å². The Labute approximate surface area is 155 Å². The molecule has 25 heavy (non-hydrogen) atoms. The van der Waals surface area contributed by atoms with Crippen LogP contribution in [0.1, 0.15) is 17.5 Å². The van der Waals surface area contributed by atoms with Crippen molar-refractivity contribution in [2.45, 2.75) is 25.4 Å². The van der Waals surface area contributed by atoms with Crippen molar-refractivity contribution >= 4 is 40.7 Å². The number of carbonyl (C=O) groups is 2. The van der Waals surface area contributed by atoms with E-state index in [0.717, 1.165) is 13.0 Å². The minimum absolute atomic E-state index is 0.170. The maximum Gasteiger partial charge on any atom is 0.251 e. The Morgan fingerprint density at radius 1 is 0.960 bits per heavy atom. The Bertz CT molecular complexity index is 868. The van der Waals surface area contributed by atoms with E-state index in [0.29, 0.717) is 17.3 Å². The molecule has 1 saturated heterocycles. The second-order valence-electron chi connectivity index (χ2n) is 6.35. The molecule has 128 valence electrons. The topological polar surface area (TPSA) is 40.6 Å². The van der Waals surface area contributed by atoms with Gasteiger partial charge in [0.05, 0.1) is 28.2 Å². The summed E-state index contributed by atoms with van der Waals surface area (Å²) in [5, 5.41) is 0.561. The first-order chi connectivity index (χ1) is 12.1. The van der Waals surface area contributed by atoms with Crippen LogP contribution in [0.25, 0.3) is 0 Å². The van der Waals surface area contributed by atoms with Gasteiger partial charge in [0, 0.05) is 13.1 Å². The van der Waals surface area contributed by atoms with Gasteiger partial charge in [-0.25, -0.2) is 4.90 Å². The molecule has 2 aliphatic heterocycles. The van der Waals surface area contributed by atoms with E-state index in [1.807, 2.05) is 12.1 Å². The van der Waals surface area contributed by atoms with Gasteiger partial charge in [0.1, 0.15) is 0 Å². The molecular formula is C19H16Cl2N2O2. The minimum atomic E-state index is -0.448. The summed E-state index contributed by atoms with van der Waals surface area (Å²) in [6.07, 6.45) is 1.05. The molecule has 2 aliphatic rings. The normalized spacial score (nSPS) is 20.9. The van der Waals surface area contributed by atoms with Crippen LogP contribution in [0.15, 0.2) is 42.5 Å². The SMILES string of the molecule is O=C1C[C@@H](N2CCc3ccccc3C2)C(=O)N1c1cccc(Cl)c1Cl. The summed E-state index contributed by atoms with van der Waals surface area (Å²) >= 11 is 12.3. The van der Waals surface area contributed by atoms with E-state index < -0.39 is 6.04 Å². The zero-order chi connectivity index (χ0) is 17.6. The average Bonchev–Trinajstić information content (AvgIpc) is 2.91. The molecule has 0 bridgehead atoms. The fraction of sp³-hybridized carbons (Fsp3) is 0.263. The van der Waals surface area contributed by atoms with E-state index in [1.165, 1.54) is 16.0 Å². The fourth-order valence-electron chi connectivity index (χ4n) is 3.60. The van der Waals surface area contributed by atoms with E-state index in [2.05, 4.69) is 17.0 Å². The summed E-state index contributed by atoms with van der Waals surface area (Å²) in [7, 11) is 0. The molecule has 0 aromatic heterocycles. The molecule has 1 atom stereocenters. The molecule has 4 nitrogen and oxygen atoms in total. The van der Waals surface area contributed by atoms with Gasteiger partial charge in [0.2, 0.25) is 5.91 Å². The third-order valence-corrected chi connectivity index (χ3v) is 5.70. The predicted molar refractivity (Wildman–Crippen MR) is 97.9 cm³/mol. The largest absolute Gasteiger partial charge is 0.287 e. The number of amides is 2. The van der Waals surface area contributed by atoms with Crippen molar-refractivity contribution in [1.29, 1.82) is 0 Å². The quantitative estimate of drug-likeness (QED) is 0.752. The van der Waals surface area contributed by atoms with Gasteiger partial charge in [-0.1, -0.05) is 53.5 Å². The Balaban J connectivity index is 1.61. The lowest BCUT2D eigenvalue weighted by Crippen LogP contribution is -2.44. The first kappa shape index (κ1) is 16.6. The van der Waals surface area contributed by atoms with E-state index in [1.54, 1.807) is 18.2 Å². The van der Waals surface area contributed by atoms with Gasteiger partial charge in [0.25, 0.3) is 5.91 Å². The van der Waals surface area contributed by atoms with Crippen LogP contribution in [-0.4, -0.2) is 29.3 Å². The highest BCUT2D eigenvalue weighted by atomic mass is 35.5. The Kier molecular flexibility index (Phi) is 4.28. The van der Waals surface area contributed by atoms with Crippen molar-refractivity contribution in [1.82, 2.24) is 4.90 Å². The summed E-state index contributed by atoms with van der Waals surface area (Å²) in [4.78, 5) is 28.7. The lowest BCUT2D eigenvalue weighted by atomic mass is 9.98. The van der Waals surface area contributed by atoms with E-state index in [9.17, 15) is 9.59 Å².